The molecule has 1 aliphatic carbocycles. The Morgan fingerprint density at radius 3 is 2.80 bits per heavy atom. The summed E-state index contributed by atoms with van der Waals surface area (Å²) in [4.78, 5) is 22.3. The molecule has 0 N–H and O–H groups in total. The number of Topliss-reactive ketones (excluding diaryl/α,β-unsaturated/α-hetero) is 1. The normalized spacial score (nSPS) is 14.2. The van der Waals surface area contributed by atoms with Crippen molar-refractivity contribution in [3.8, 4) is 5.69 Å². The summed E-state index contributed by atoms with van der Waals surface area (Å²) in [7, 11) is 0. The fourth-order valence-corrected chi connectivity index (χ4v) is 2.74. The van der Waals surface area contributed by atoms with Gasteiger partial charge in [-0.1, -0.05) is 11.6 Å². The van der Waals surface area contributed by atoms with Crippen molar-refractivity contribution < 1.29 is 9.72 Å². The summed E-state index contributed by atoms with van der Waals surface area (Å²) in [6.07, 6.45) is 3.95. The second-order valence-corrected chi connectivity index (χ2v) is 5.12. The molecule has 6 heteroatoms. The highest BCUT2D eigenvalue weighted by Crippen LogP contribution is 2.30. The lowest BCUT2D eigenvalue weighted by Gasteiger charge is -2.15. The summed E-state index contributed by atoms with van der Waals surface area (Å²) in [5.74, 6) is 0.133. The zero-order chi connectivity index (χ0) is 14.3. The molecule has 0 amide bonds. The predicted molar refractivity (Wildman–Crippen MR) is 74.7 cm³/mol. The van der Waals surface area contributed by atoms with Gasteiger partial charge in [-0.3, -0.25) is 14.9 Å². The summed E-state index contributed by atoms with van der Waals surface area (Å²) < 4.78 is 1.83. The number of carbonyl (C=O) groups is 1. The summed E-state index contributed by atoms with van der Waals surface area (Å²) in [6, 6.07) is 6.43. The molecule has 20 heavy (non-hydrogen) atoms. The molecule has 5 nitrogen and oxygen atoms in total. The van der Waals surface area contributed by atoms with Gasteiger partial charge in [-0.2, -0.15) is 0 Å². The number of hydrogen-bond donors (Lipinski definition) is 0. The molecule has 0 bridgehead atoms. The van der Waals surface area contributed by atoms with Gasteiger partial charge in [0.2, 0.25) is 0 Å². The summed E-state index contributed by atoms with van der Waals surface area (Å²) >= 11 is 5.81. The average Bonchev–Trinajstić information content (AvgIpc) is 2.84. The minimum absolute atomic E-state index is 0.107. The zero-order valence-electron chi connectivity index (χ0n) is 10.5. The maximum atomic E-state index is 11.8. The standard InChI is InChI=1S/C14H11ClN2O3/c15-11-5-4-9(8-13(11)17(19)20)16-7-6-10-12(16)2-1-3-14(10)18/h4-8H,1-3H2. The highest BCUT2D eigenvalue weighted by molar-refractivity contribution is 6.32. The van der Waals surface area contributed by atoms with Gasteiger partial charge >= 0.3 is 0 Å². The van der Waals surface area contributed by atoms with Crippen LogP contribution in [0.5, 0.6) is 0 Å². The molecule has 2 aromatic rings. The van der Waals surface area contributed by atoms with Crippen LogP contribution in [0, 0.1) is 10.1 Å². The van der Waals surface area contributed by atoms with E-state index in [1.807, 2.05) is 4.57 Å². The van der Waals surface area contributed by atoms with Crippen molar-refractivity contribution >= 4 is 23.1 Å². The Labute approximate surface area is 119 Å². The van der Waals surface area contributed by atoms with E-state index in [1.165, 1.54) is 12.1 Å². The first kappa shape index (κ1) is 12.9. The lowest BCUT2D eigenvalue weighted by molar-refractivity contribution is -0.384. The van der Waals surface area contributed by atoms with E-state index in [0.717, 1.165) is 18.5 Å². The van der Waals surface area contributed by atoms with Gasteiger partial charge in [0.05, 0.1) is 10.6 Å². The Morgan fingerprint density at radius 2 is 2.05 bits per heavy atom. The van der Waals surface area contributed by atoms with E-state index in [0.29, 0.717) is 17.7 Å². The van der Waals surface area contributed by atoms with Crippen molar-refractivity contribution in [1.29, 1.82) is 0 Å². The Morgan fingerprint density at radius 1 is 1.25 bits per heavy atom. The second kappa shape index (κ2) is 4.76. The summed E-state index contributed by atoms with van der Waals surface area (Å²) in [5, 5.41) is 11.0. The van der Waals surface area contributed by atoms with Crippen LogP contribution in [0.15, 0.2) is 30.5 Å². The van der Waals surface area contributed by atoms with E-state index in [-0.39, 0.29) is 16.5 Å². The molecule has 0 aliphatic heterocycles. The first-order valence-corrected chi connectivity index (χ1v) is 6.63. The third-order valence-electron chi connectivity index (χ3n) is 3.51. The first-order chi connectivity index (χ1) is 9.58. The van der Waals surface area contributed by atoms with Crippen LogP contribution < -0.4 is 0 Å². The molecule has 1 aromatic carbocycles. The van der Waals surface area contributed by atoms with Crippen LogP contribution in [0.2, 0.25) is 5.02 Å². The predicted octanol–water partition coefficient (Wildman–Crippen LogP) is 3.56. The van der Waals surface area contributed by atoms with Crippen LogP contribution in [0.4, 0.5) is 5.69 Å². The third kappa shape index (κ3) is 2.00. The molecule has 1 heterocycles. The number of halogens is 1. The van der Waals surface area contributed by atoms with Crippen molar-refractivity contribution in [3.05, 3.63) is 56.9 Å². The quantitative estimate of drug-likeness (QED) is 0.627. The molecule has 102 valence electrons. The van der Waals surface area contributed by atoms with E-state index in [9.17, 15) is 14.9 Å². The number of nitrogens with zero attached hydrogens (tertiary/aromatic N) is 2. The van der Waals surface area contributed by atoms with Gasteiger partial charge < -0.3 is 4.57 Å². The van der Waals surface area contributed by atoms with Gasteiger partial charge in [0.25, 0.3) is 5.69 Å². The number of carbonyl (C=O) groups excluding carboxylic acids is 1. The van der Waals surface area contributed by atoms with Crippen molar-refractivity contribution in [3.63, 3.8) is 0 Å². The van der Waals surface area contributed by atoms with Gasteiger partial charge in [-0.05, 0) is 31.0 Å². The van der Waals surface area contributed by atoms with E-state index < -0.39 is 4.92 Å². The number of hydrogen-bond acceptors (Lipinski definition) is 3. The molecule has 0 fully saturated rings. The van der Waals surface area contributed by atoms with Gasteiger partial charge in [0.15, 0.2) is 5.78 Å². The molecule has 0 radical (unpaired) electrons. The van der Waals surface area contributed by atoms with Crippen molar-refractivity contribution in [2.45, 2.75) is 19.3 Å². The largest absolute Gasteiger partial charge is 0.320 e. The van der Waals surface area contributed by atoms with Crippen molar-refractivity contribution in [1.82, 2.24) is 4.57 Å². The van der Waals surface area contributed by atoms with E-state index >= 15 is 0 Å². The minimum atomic E-state index is -0.507. The number of rotatable bonds is 2. The maximum Gasteiger partial charge on any atom is 0.289 e. The number of fused-ring (bicyclic) bond motifs is 1. The van der Waals surface area contributed by atoms with Gasteiger partial charge in [-0.15, -0.1) is 0 Å². The SMILES string of the molecule is O=C1CCCc2c1ccn2-c1ccc(Cl)c([N+](=O)[O-])c1. The smallest absolute Gasteiger partial charge is 0.289 e. The summed E-state index contributed by atoms with van der Waals surface area (Å²) in [5.41, 5.74) is 2.15. The van der Waals surface area contributed by atoms with Crippen LogP contribution in [-0.2, 0) is 6.42 Å². The minimum Gasteiger partial charge on any atom is -0.320 e. The monoisotopic (exact) mass is 290 g/mol. The van der Waals surface area contributed by atoms with E-state index in [1.54, 1.807) is 18.3 Å². The fraction of sp³-hybridized carbons (Fsp3) is 0.214. The zero-order valence-corrected chi connectivity index (χ0v) is 11.3. The van der Waals surface area contributed by atoms with Crippen LogP contribution in [0.1, 0.15) is 28.9 Å². The van der Waals surface area contributed by atoms with Crippen LogP contribution in [0.25, 0.3) is 5.69 Å². The number of nitro groups is 1. The Hall–Kier alpha value is -2.14. The van der Waals surface area contributed by atoms with E-state index in [2.05, 4.69) is 0 Å². The lowest BCUT2D eigenvalue weighted by Crippen LogP contribution is -2.12. The summed E-state index contributed by atoms with van der Waals surface area (Å²) in [6.45, 7) is 0. The molecule has 0 saturated heterocycles. The number of nitro benzene ring substituents is 1. The Kier molecular flexibility index (Phi) is 3.06. The molecule has 1 aromatic heterocycles. The van der Waals surface area contributed by atoms with Gasteiger partial charge in [0.1, 0.15) is 5.02 Å². The third-order valence-corrected chi connectivity index (χ3v) is 3.83. The molecular formula is C14H11ClN2O3. The Bertz CT molecular complexity index is 721. The Balaban J connectivity index is 2.13. The molecule has 3 rings (SSSR count). The molecular weight excluding hydrogens is 280 g/mol. The van der Waals surface area contributed by atoms with Crippen molar-refractivity contribution in [2.24, 2.45) is 0 Å². The number of ketones is 1. The van der Waals surface area contributed by atoms with Gasteiger partial charge in [0, 0.05) is 29.9 Å². The molecule has 1 aliphatic rings. The molecule has 0 unspecified atom stereocenters. The molecule has 0 saturated carbocycles. The number of aromatic nitrogens is 1. The van der Waals surface area contributed by atoms with Crippen LogP contribution in [-0.4, -0.2) is 15.3 Å². The first-order valence-electron chi connectivity index (χ1n) is 6.25. The van der Waals surface area contributed by atoms with Gasteiger partial charge in [-0.25, -0.2) is 0 Å². The van der Waals surface area contributed by atoms with E-state index in [4.69, 9.17) is 11.6 Å². The van der Waals surface area contributed by atoms with Crippen LogP contribution >= 0.6 is 11.6 Å². The maximum absolute atomic E-state index is 11.8. The lowest BCUT2D eigenvalue weighted by atomic mass is 9.97. The van der Waals surface area contributed by atoms with Crippen LogP contribution in [0.3, 0.4) is 0 Å². The molecule has 0 spiro atoms. The topological polar surface area (TPSA) is 65.1 Å². The molecule has 0 atom stereocenters. The highest BCUT2D eigenvalue weighted by Gasteiger charge is 2.22. The second-order valence-electron chi connectivity index (χ2n) is 4.72. The fourth-order valence-electron chi connectivity index (χ4n) is 2.56. The number of benzene rings is 1. The van der Waals surface area contributed by atoms with Crippen molar-refractivity contribution in [2.75, 3.05) is 0 Å². The highest BCUT2D eigenvalue weighted by atomic mass is 35.5. The average molecular weight is 291 g/mol.